The highest BCUT2D eigenvalue weighted by molar-refractivity contribution is 5.71. The van der Waals surface area contributed by atoms with Gasteiger partial charge >= 0.3 is 17.9 Å². The van der Waals surface area contributed by atoms with E-state index in [4.69, 9.17) is 18.9 Å². The molecule has 0 aromatic heterocycles. The first-order valence-corrected chi connectivity index (χ1v) is 28.2. The van der Waals surface area contributed by atoms with Crippen LogP contribution in [0.3, 0.4) is 0 Å². The number of esters is 2. The molecule has 0 aliphatic heterocycles. The molecule has 392 valence electrons. The predicted molar refractivity (Wildman–Crippen MR) is 281 cm³/mol. The van der Waals surface area contributed by atoms with Crippen molar-refractivity contribution in [2.24, 2.45) is 0 Å². The van der Waals surface area contributed by atoms with Gasteiger partial charge < -0.3 is 28.5 Å². The molecular formula is C58H108NO8+. The van der Waals surface area contributed by atoms with Crippen molar-refractivity contribution in [1.29, 1.82) is 0 Å². The molecule has 0 aliphatic rings. The summed E-state index contributed by atoms with van der Waals surface area (Å²) >= 11 is 0. The third-order valence-electron chi connectivity index (χ3n) is 12.4. The zero-order valence-corrected chi connectivity index (χ0v) is 44.6. The van der Waals surface area contributed by atoms with Crippen molar-refractivity contribution < 1.29 is 42.9 Å². The maximum atomic E-state index is 12.9. The van der Waals surface area contributed by atoms with Crippen LogP contribution in [0, 0.1) is 0 Å². The summed E-state index contributed by atoms with van der Waals surface area (Å²) in [5.41, 5.74) is 0. The van der Waals surface area contributed by atoms with Gasteiger partial charge in [-0.15, -0.1) is 0 Å². The number of carboxylic acid groups (broad SMARTS) is 1. The first kappa shape index (κ1) is 64.5. The molecule has 0 heterocycles. The second-order valence-electron chi connectivity index (χ2n) is 20.2. The van der Waals surface area contributed by atoms with Gasteiger partial charge in [0.2, 0.25) is 0 Å². The quantitative estimate of drug-likeness (QED) is 0.0211. The molecule has 9 nitrogen and oxygen atoms in total. The average Bonchev–Trinajstić information content (AvgIpc) is 3.29. The molecule has 0 aliphatic carbocycles. The minimum absolute atomic E-state index is 0.183. The van der Waals surface area contributed by atoms with E-state index in [0.717, 1.165) is 51.4 Å². The fraction of sp³-hybridized carbons (Fsp3) is 0.845. The van der Waals surface area contributed by atoms with Gasteiger partial charge in [0.25, 0.3) is 6.29 Å². The third-order valence-corrected chi connectivity index (χ3v) is 12.4. The van der Waals surface area contributed by atoms with Crippen molar-refractivity contribution in [3.63, 3.8) is 0 Å². The highest BCUT2D eigenvalue weighted by Crippen LogP contribution is 2.16. The number of aliphatic carboxylic acids is 1. The van der Waals surface area contributed by atoms with Crippen molar-refractivity contribution in [3.8, 4) is 0 Å². The maximum Gasteiger partial charge on any atom is 0.361 e. The van der Waals surface area contributed by atoms with Gasteiger partial charge in [0.1, 0.15) is 13.2 Å². The zero-order valence-electron chi connectivity index (χ0n) is 44.6. The lowest BCUT2D eigenvalue weighted by atomic mass is 10.1. The molecule has 0 rings (SSSR count). The summed E-state index contributed by atoms with van der Waals surface area (Å²) in [6.45, 7) is 4.89. The van der Waals surface area contributed by atoms with Crippen LogP contribution >= 0.6 is 0 Å². The van der Waals surface area contributed by atoms with Crippen molar-refractivity contribution in [2.45, 2.75) is 270 Å². The lowest BCUT2D eigenvalue weighted by molar-refractivity contribution is -0.870. The van der Waals surface area contributed by atoms with Crippen molar-refractivity contribution in [3.05, 3.63) is 36.5 Å². The highest BCUT2D eigenvalue weighted by Gasteiger charge is 2.25. The molecule has 2 atom stereocenters. The fourth-order valence-electron chi connectivity index (χ4n) is 7.98. The van der Waals surface area contributed by atoms with Crippen LogP contribution in [0.15, 0.2) is 36.5 Å². The zero-order chi connectivity index (χ0) is 49.2. The molecule has 0 saturated heterocycles. The summed E-state index contributed by atoms with van der Waals surface area (Å²) in [5.74, 6) is -2.00. The Kier molecular flexibility index (Phi) is 48.1. The third kappa shape index (κ3) is 51.2. The number of likely N-dealkylation sites (N-methyl/N-ethyl adjacent to an activating group) is 1. The molecule has 0 fully saturated rings. The summed E-state index contributed by atoms with van der Waals surface area (Å²) in [6.07, 6.45) is 56.4. The lowest BCUT2D eigenvalue weighted by Gasteiger charge is -2.25. The number of nitrogens with zero attached hydrogens (tertiary/aromatic N) is 1. The Morgan fingerprint density at radius 3 is 1.19 bits per heavy atom. The van der Waals surface area contributed by atoms with E-state index in [1.54, 1.807) is 0 Å². The summed E-state index contributed by atoms with van der Waals surface area (Å²) < 4.78 is 22.9. The van der Waals surface area contributed by atoms with Crippen LogP contribution < -0.4 is 0 Å². The van der Waals surface area contributed by atoms with Gasteiger partial charge in [-0.25, -0.2) is 4.79 Å². The van der Waals surface area contributed by atoms with Crippen LogP contribution in [-0.4, -0.2) is 87.4 Å². The van der Waals surface area contributed by atoms with Crippen molar-refractivity contribution >= 4 is 17.9 Å². The largest absolute Gasteiger partial charge is 0.477 e. The molecule has 9 heteroatoms. The van der Waals surface area contributed by atoms with Crippen molar-refractivity contribution in [1.82, 2.24) is 0 Å². The van der Waals surface area contributed by atoms with Crippen LogP contribution in [0.25, 0.3) is 0 Å². The summed E-state index contributed by atoms with van der Waals surface area (Å²) in [5, 5.41) is 9.69. The summed E-state index contributed by atoms with van der Waals surface area (Å²) in [4.78, 5) is 37.4. The Balaban J connectivity index is 4.28. The monoisotopic (exact) mass is 947 g/mol. The standard InChI is InChI=1S/C58H107NO8/c1-6-8-10-12-14-16-18-20-22-24-26-28-30-32-34-36-38-40-42-44-46-48-55(60)65-52-54(53-66-58(57(62)63)64-51-50-59(3,4)5)67-56(61)49-47-45-43-41-39-37-35-33-31-29-27-25-23-21-19-17-15-13-11-9-7-2/h19,21,24-27,54,58H,6-18,20,22-23,28-53H2,1-5H3/p+1/b21-19-,26-24-,27-25-. The Bertz CT molecular complexity index is 1190. The number of hydrogen-bond donors (Lipinski definition) is 1. The van der Waals surface area contributed by atoms with Gasteiger partial charge in [-0.2, -0.15) is 0 Å². The number of carbonyl (C=O) groups is 3. The number of rotatable bonds is 52. The van der Waals surface area contributed by atoms with Gasteiger partial charge in [0.05, 0.1) is 34.4 Å². The van der Waals surface area contributed by atoms with Crippen LogP contribution in [-0.2, 0) is 33.3 Å². The summed E-state index contributed by atoms with van der Waals surface area (Å²) in [6, 6.07) is 0. The van der Waals surface area contributed by atoms with Gasteiger partial charge in [-0.1, -0.05) is 211 Å². The van der Waals surface area contributed by atoms with E-state index >= 15 is 0 Å². The van der Waals surface area contributed by atoms with E-state index in [2.05, 4.69) is 50.3 Å². The van der Waals surface area contributed by atoms with E-state index in [9.17, 15) is 19.5 Å². The Labute approximate surface area is 413 Å². The van der Waals surface area contributed by atoms with Crippen LogP contribution in [0.2, 0.25) is 0 Å². The van der Waals surface area contributed by atoms with Crippen LogP contribution in [0.4, 0.5) is 0 Å². The SMILES string of the molecule is CCCCCCC/C=C\C/C=C\CCCCCCCCCCCC(=O)OC(COC(=O)CCCCCCCCCCC/C=C\CCCCCCCCCC)COC(OCC[N+](C)(C)C)C(=O)O. The van der Waals surface area contributed by atoms with Crippen LogP contribution in [0.1, 0.15) is 258 Å². The Hall–Kier alpha value is -2.49. The molecule has 0 spiro atoms. The second kappa shape index (κ2) is 49.9. The van der Waals surface area contributed by atoms with Gasteiger partial charge in [-0.3, -0.25) is 9.59 Å². The van der Waals surface area contributed by atoms with E-state index in [-0.39, 0.29) is 32.2 Å². The molecular weight excluding hydrogens is 839 g/mol. The first-order valence-electron chi connectivity index (χ1n) is 28.2. The topological polar surface area (TPSA) is 108 Å². The van der Waals surface area contributed by atoms with E-state index in [1.165, 1.54) is 180 Å². The van der Waals surface area contributed by atoms with Crippen molar-refractivity contribution in [2.75, 3.05) is 47.5 Å². The van der Waals surface area contributed by atoms with Gasteiger partial charge in [-0.05, 0) is 70.6 Å². The van der Waals surface area contributed by atoms with Gasteiger partial charge in [0.15, 0.2) is 6.10 Å². The Morgan fingerprint density at radius 2 is 0.806 bits per heavy atom. The molecule has 0 radical (unpaired) electrons. The molecule has 0 bridgehead atoms. The molecule has 0 saturated carbocycles. The molecule has 1 N–H and O–H groups in total. The number of quaternary nitrogens is 1. The van der Waals surface area contributed by atoms with E-state index in [0.29, 0.717) is 17.4 Å². The summed E-state index contributed by atoms with van der Waals surface area (Å²) in [7, 11) is 5.97. The number of ether oxygens (including phenoxy) is 4. The number of allylic oxidation sites excluding steroid dienone is 6. The number of carbonyl (C=O) groups excluding carboxylic acids is 2. The predicted octanol–water partition coefficient (Wildman–Crippen LogP) is 16.1. The fourth-order valence-corrected chi connectivity index (χ4v) is 7.98. The minimum atomic E-state index is -1.51. The number of hydrogen-bond acceptors (Lipinski definition) is 7. The molecule has 0 aromatic rings. The minimum Gasteiger partial charge on any atom is -0.477 e. The molecule has 67 heavy (non-hydrogen) atoms. The van der Waals surface area contributed by atoms with Gasteiger partial charge in [0, 0.05) is 12.8 Å². The van der Waals surface area contributed by atoms with Crippen LogP contribution in [0.5, 0.6) is 0 Å². The molecule has 0 aromatic carbocycles. The van der Waals surface area contributed by atoms with E-state index in [1.807, 2.05) is 21.1 Å². The lowest BCUT2D eigenvalue weighted by Crippen LogP contribution is -2.40. The normalized spacial score (nSPS) is 13.0. The smallest absolute Gasteiger partial charge is 0.361 e. The first-order chi connectivity index (χ1) is 32.6. The Morgan fingerprint density at radius 1 is 0.448 bits per heavy atom. The highest BCUT2D eigenvalue weighted by atomic mass is 16.7. The van der Waals surface area contributed by atoms with E-state index < -0.39 is 24.3 Å². The molecule has 0 amide bonds. The number of unbranched alkanes of at least 4 members (excludes halogenated alkanes) is 31. The molecule has 2 unspecified atom stereocenters. The maximum absolute atomic E-state index is 12.9. The average molecular weight is 948 g/mol. The second-order valence-corrected chi connectivity index (χ2v) is 20.2. The number of carboxylic acids is 1.